The molecular formula is C16H14F2N4O2. The Labute approximate surface area is 136 Å². The van der Waals surface area contributed by atoms with E-state index in [1.807, 2.05) is 23.9 Å². The van der Waals surface area contributed by atoms with E-state index in [2.05, 4.69) is 20.0 Å². The van der Waals surface area contributed by atoms with Crippen LogP contribution >= 0.6 is 0 Å². The first-order chi connectivity index (χ1) is 11.6. The molecule has 0 bridgehead atoms. The number of nitrogens with zero attached hydrogens (tertiary/aromatic N) is 4. The van der Waals surface area contributed by atoms with Gasteiger partial charge < -0.3 is 9.15 Å². The summed E-state index contributed by atoms with van der Waals surface area (Å²) in [6.07, 6.45) is 7.13. The molecule has 0 aliphatic rings. The summed E-state index contributed by atoms with van der Waals surface area (Å²) in [6, 6.07) is 5.98. The molecule has 124 valence electrons. The highest BCUT2D eigenvalue weighted by Gasteiger charge is 2.08. The summed E-state index contributed by atoms with van der Waals surface area (Å²) < 4.78 is 35.9. The van der Waals surface area contributed by atoms with Crippen molar-refractivity contribution < 1.29 is 17.9 Å². The maximum Gasteiger partial charge on any atom is 0.387 e. The first-order valence-electron chi connectivity index (χ1n) is 7.23. The Morgan fingerprint density at radius 3 is 2.67 bits per heavy atom. The predicted octanol–water partition coefficient (Wildman–Crippen LogP) is 3.72. The minimum Gasteiger partial charge on any atom is -0.435 e. The Morgan fingerprint density at radius 1 is 1.21 bits per heavy atom. The lowest BCUT2D eigenvalue weighted by Crippen LogP contribution is -2.01. The number of ether oxygens (including phenoxy) is 1. The zero-order chi connectivity index (χ0) is 16.9. The number of halogens is 2. The largest absolute Gasteiger partial charge is 0.435 e. The number of benzene rings is 1. The quantitative estimate of drug-likeness (QED) is 0.688. The predicted molar refractivity (Wildman–Crippen MR) is 83.2 cm³/mol. The Kier molecular flexibility index (Phi) is 4.64. The molecule has 0 radical (unpaired) electrons. The molecule has 0 N–H and O–H groups in total. The van der Waals surface area contributed by atoms with Crippen molar-refractivity contribution in [2.45, 2.75) is 20.1 Å². The van der Waals surface area contributed by atoms with Crippen LogP contribution in [-0.2, 0) is 6.54 Å². The van der Waals surface area contributed by atoms with Crippen molar-refractivity contribution in [1.29, 1.82) is 0 Å². The smallest absolute Gasteiger partial charge is 0.387 e. The van der Waals surface area contributed by atoms with E-state index in [0.29, 0.717) is 17.3 Å². The fraction of sp³-hybridized carbons (Fsp3) is 0.188. The van der Waals surface area contributed by atoms with E-state index in [4.69, 9.17) is 4.42 Å². The molecule has 6 nitrogen and oxygen atoms in total. The fourth-order valence-corrected chi connectivity index (χ4v) is 2.00. The minimum absolute atomic E-state index is 0.0707. The average molecular weight is 332 g/mol. The van der Waals surface area contributed by atoms with E-state index < -0.39 is 6.61 Å². The number of hydrogen-bond donors (Lipinski definition) is 0. The number of rotatable bonds is 6. The summed E-state index contributed by atoms with van der Waals surface area (Å²) in [7, 11) is 0. The van der Waals surface area contributed by atoms with Crippen molar-refractivity contribution in [2.24, 2.45) is 0 Å². The maximum atomic E-state index is 12.1. The molecular weight excluding hydrogens is 318 g/mol. The van der Waals surface area contributed by atoms with Crippen molar-refractivity contribution in [3.8, 4) is 17.2 Å². The molecule has 2 aromatic heterocycles. The van der Waals surface area contributed by atoms with Crippen LogP contribution in [0.1, 0.15) is 18.4 Å². The monoisotopic (exact) mass is 332 g/mol. The summed E-state index contributed by atoms with van der Waals surface area (Å²) in [5, 5.41) is 12.0. The highest BCUT2D eigenvalue weighted by molar-refractivity contribution is 5.65. The van der Waals surface area contributed by atoms with E-state index >= 15 is 0 Å². The molecule has 0 saturated heterocycles. The number of aromatic nitrogens is 4. The molecule has 2 heterocycles. The van der Waals surface area contributed by atoms with Gasteiger partial charge in [0.05, 0.1) is 6.20 Å². The van der Waals surface area contributed by atoms with Crippen molar-refractivity contribution in [3.05, 3.63) is 48.1 Å². The van der Waals surface area contributed by atoms with Crippen LogP contribution in [0.3, 0.4) is 0 Å². The van der Waals surface area contributed by atoms with Gasteiger partial charge in [-0.25, -0.2) is 0 Å². The molecule has 0 aliphatic carbocycles. The second-order valence-corrected chi connectivity index (χ2v) is 4.81. The Hall–Kier alpha value is -3.03. The van der Waals surface area contributed by atoms with Gasteiger partial charge in [-0.3, -0.25) is 4.68 Å². The molecule has 3 rings (SSSR count). The molecule has 24 heavy (non-hydrogen) atoms. The zero-order valence-corrected chi connectivity index (χ0v) is 12.8. The lowest BCUT2D eigenvalue weighted by Gasteiger charge is -2.03. The van der Waals surface area contributed by atoms with Gasteiger partial charge in [0, 0.05) is 29.9 Å². The van der Waals surface area contributed by atoms with Gasteiger partial charge in [0.1, 0.15) is 5.75 Å². The first kappa shape index (κ1) is 15.9. The van der Waals surface area contributed by atoms with Gasteiger partial charge in [-0.2, -0.15) is 13.9 Å². The summed E-state index contributed by atoms with van der Waals surface area (Å²) >= 11 is 0. The minimum atomic E-state index is -2.85. The molecule has 0 amide bonds. The Balaban J connectivity index is 1.70. The fourth-order valence-electron chi connectivity index (χ4n) is 2.00. The molecule has 8 heteroatoms. The third-order valence-corrected chi connectivity index (χ3v) is 3.16. The van der Waals surface area contributed by atoms with Crippen molar-refractivity contribution in [1.82, 2.24) is 20.0 Å². The van der Waals surface area contributed by atoms with Gasteiger partial charge in [0.2, 0.25) is 11.8 Å². The van der Waals surface area contributed by atoms with Crippen LogP contribution in [0.4, 0.5) is 8.78 Å². The summed E-state index contributed by atoms with van der Waals surface area (Å²) in [6.45, 7) is -0.0558. The van der Waals surface area contributed by atoms with Crippen LogP contribution in [0.15, 0.2) is 41.1 Å². The average Bonchev–Trinajstić information content (AvgIpc) is 3.22. The third-order valence-electron chi connectivity index (χ3n) is 3.16. The van der Waals surface area contributed by atoms with Gasteiger partial charge in [0.15, 0.2) is 0 Å². The van der Waals surface area contributed by atoms with E-state index in [9.17, 15) is 8.78 Å². The summed E-state index contributed by atoms with van der Waals surface area (Å²) in [5.74, 6) is 0.700. The first-order valence-corrected chi connectivity index (χ1v) is 7.23. The lowest BCUT2D eigenvalue weighted by molar-refractivity contribution is -0.0498. The Morgan fingerprint density at radius 2 is 2.00 bits per heavy atom. The second-order valence-electron chi connectivity index (χ2n) is 4.81. The van der Waals surface area contributed by atoms with Gasteiger partial charge in [-0.1, -0.05) is 0 Å². The lowest BCUT2D eigenvalue weighted by atomic mass is 10.2. The summed E-state index contributed by atoms with van der Waals surface area (Å²) in [4.78, 5) is 0. The topological polar surface area (TPSA) is 66.0 Å². The van der Waals surface area contributed by atoms with Gasteiger partial charge >= 0.3 is 6.61 Å². The zero-order valence-electron chi connectivity index (χ0n) is 12.8. The van der Waals surface area contributed by atoms with Gasteiger partial charge in [-0.05, 0) is 37.3 Å². The van der Waals surface area contributed by atoms with Crippen molar-refractivity contribution in [2.75, 3.05) is 0 Å². The van der Waals surface area contributed by atoms with Crippen molar-refractivity contribution in [3.63, 3.8) is 0 Å². The van der Waals surface area contributed by atoms with E-state index in [1.54, 1.807) is 24.4 Å². The van der Waals surface area contributed by atoms with Crippen LogP contribution < -0.4 is 4.74 Å². The molecule has 0 atom stereocenters. The van der Waals surface area contributed by atoms with E-state index in [0.717, 1.165) is 12.1 Å². The molecule has 0 unspecified atom stereocenters. The standard InChI is InChI=1S/C16H14F2N4O2/c1-2-22-10-11(9-19-22)3-8-14-20-21-15(24-14)12-4-6-13(7-5-12)23-16(17)18/h3-10,16H,2H2,1H3/b8-3+. The van der Waals surface area contributed by atoms with E-state index in [1.165, 1.54) is 12.1 Å². The van der Waals surface area contributed by atoms with Crippen LogP contribution in [0.25, 0.3) is 23.6 Å². The van der Waals surface area contributed by atoms with Crippen LogP contribution in [-0.4, -0.2) is 26.6 Å². The summed E-state index contributed by atoms with van der Waals surface area (Å²) in [5.41, 5.74) is 1.53. The van der Waals surface area contributed by atoms with Crippen LogP contribution in [0.5, 0.6) is 5.75 Å². The second kappa shape index (κ2) is 7.03. The number of hydrogen-bond acceptors (Lipinski definition) is 5. The van der Waals surface area contributed by atoms with Crippen LogP contribution in [0, 0.1) is 0 Å². The highest BCUT2D eigenvalue weighted by atomic mass is 19.3. The number of alkyl halides is 2. The SMILES string of the molecule is CCn1cc(/C=C/c2nnc(-c3ccc(OC(F)F)cc3)o2)cn1. The van der Waals surface area contributed by atoms with Gasteiger partial charge in [0.25, 0.3) is 0 Å². The Bertz CT molecular complexity index is 825. The van der Waals surface area contributed by atoms with Crippen molar-refractivity contribution >= 4 is 12.2 Å². The molecule has 0 spiro atoms. The maximum absolute atomic E-state index is 12.1. The highest BCUT2D eigenvalue weighted by Crippen LogP contribution is 2.22. The molecule has 0 saturated carbocycles. The van der Waals surface area contributed by atoms with Crippen LogP contribution in [0.2, 0.25) is 0 Å². The van der Waals surface area contributed by atoms with E-state index in [-0.39, 0.29) is 5.75 Å². The molecule has 1 aromatic carbocycles. The normalized spacial score (nSPS) is 11.5. The van der Waals surface area contributed by atoms with Gasteiger partial charge in [-0.15, -0.1) is 10.2 Å². The molecule has 0 aliphatic heterocycles. The molecule has 3 aromatic rings. The number of aryl methyl sites for hydroxylation is 1. The molecule has 0 fully saturated rings. The third kappa shape index (κ3) is 3.83.